The zero-order valence-corrected chi connectivity index (χ0v) is 11.7. The number of ether oxygens (including phenoxy) is 2. The zero-order valence-electron chi connectivity index (χ0n) is 11.7. The van der Waals surface area contributed by atoms with E-state index in [1.54, 1.807) is 6.92 Å². The van der Waals surface area contributed by atoms with Crippen LogP contribution in [0.5, 0.6) is 11.5 Å². The maximum Gasteiger partial charge on any atom is 0.286 e. The van der Waals surface area contributed by atoms with Gasteiger partial charge >= 0.3 is 0 Å². The standard InChI is InChI=1S/C12H16N2O6/c1-5-20-11-6-8(12(15)13(2)19-4)9(14(16)17)7-10(11)18-3/h6-7H,5H2,1-4H3. The van der Waals surface area contributed by atoms with Gasteiger partial charge in [0.25, 0.3) is 11.6 Å². The molecular weight excluding hydrogens is 268 g/mol. The number of nitro groups is 1. The summed E-state index contributed by atoms with van der Waals surface area (Å²) in [5, 5.41) is 12.0. The van der Waals surface area contributed by atoms with Crippen LogP contribution in [0.2, 0.25) is 0 Å². The number of nitro benzene ring substituents is 1. The Hall–Kier alpha value is -2.35. The number of hydrogen-bond donors (Lipinski definition) is 0. The average molecular weight is 284 g/mol. The van der Waals surface area contributed by atoms with Crippen LogP contribution >= 0.6 is 0 Å². The largest absolute Gasteiger partial charge is 0.493 e. The van der Waals surface area contributed by atoms with E-state index in [4.69, 9.17) is 14.3 Å². The van der Waals surface area contributed by atoms with E-state index in [1.165, 1.54) is 27.3 Å². The van der Waals surface area contributed by atoms with Crippen molar-refractivity contribution in [3.05, 3.63) is 27.8 Å². The van der Waals surface area contributed by atoms with E-state index >= 15 is 0 Å². The summed E-state index contributed by atoms with van der Waals surface area (Å²) >= 11 is 0. The van der Waals surface area contributed by atoms with Gasteiger partial charge in [-0.05, 0) is 6.92 Å². The molecule has 1 aromatic carbocycles. The summed E-state index contributed by atoms with van der Waals surface area (Å²) in [7, 11) is 4.01. The summed E-state index contributed by atoms with van der Waals surface area (Å²) in [6.07, 6.45) is 0. The van der Waals surface area contributed by atoms with E-state index < -0.39 is 10.8 Å². The van der Waals surface area contributed by atoms with Crippen LogP contribution in [0, 0.1) is 10.1 Å². The van der Waals surface area contributed by atoms with Gasteiger partial charge in [0.15, 0.2) is 11.5 Å². The van der Waals surface area contributed by atoms with Gasteiger partial charge in [-0.1, -0.05) is 0 Å². The van der Waals surface area contributed by atoms with Gasteiger partial charge in [-0.25, -0.2) is 5.06 Å². The first-order valence-corrected chi connectivity index (χ1v) is 5.77. The van der Waals surface area contributed by atoms with E-state index in [0.717, 1.165) is 11.1 Å². The number of hydrogen-bond acceptors (Lipinski definition) is 6. The lowest BCUT2D eigenvalue weighted by atomic mass is 10.1. The predicted octanol–water partition coefficient (Wildman–Crippen LogP) is 1.64. The van der Waals surface area contributed by atoms with Gasteiger partial charge < -0.3 is 9.47 Å². The molecule has 0 aliphatic rings. The number of rotatable bonds is 6. The molecule has 1 aromatic rings. The van der Waals surface area contributed by atoms with Crippen LogP contribution in [0.15, 0.2) is 12.1 Å². The highest BCUT2D eigenvalue weighted by Gasteiger charge is 2.26. The normalized spacial score (nSPS) is 10.0. The van der Waals surface area contributed by atoms with Crippen LogP contribution in [0.25, 0.3) is 0 Å². The maximum atomic E-state index is 12.1. The predicted molar refractivity (Wildman–Crippen MR) is 69.9 cm³/mol. The molecule has 0 radical (unpaired) electrons. The van der Waals surface area contributed by atoms with Crippen molar-refractivity contribution in [3.63, 3.8) is 0 Å². The van der Waals surface area contributed by atoms with Crippen molar-refractivity contribution in [2.75, 3.05) is 27.9 Å². The molecule has 8 heteroatoms. The Bertz CT molecular complexity index is 517. The smallest absolute Gasteiger partial charge is 0.286 e. The molecule has 0 aliphatic carbocycles. The molecule has 0 N–H and O–H groups in total. The van der Waals surface area contributed by atoms with E-state index in [1.807, 2.05) is 0 Å². The maximum absolute atomic E-state index is 12.1. The molecule has 1 amide bonds. The highest BCUT2D eigenvalue weighted by molar-refractivity contribution is 5.98. The Morgan fingerprint density at radius 2 is 2.00 bits per heavy atom. The molecule has 0 saturated carbocycles. The Labute approximate surface area is 115 Å². The lowest BCUT2D eigenvalue weighted by Crippen LogP contribution is -2.26. The molecule has 110 valence electrons. The summed E-state index contributed by atoms with van der Waals surface area (Å²) in [4.78, 5) is 27.2. The molecule has 0 saturated heterocycles. The molecule has 0 atom stereocenters. The number of carbonyl (C=O) groups is 1. The molecule has 20 heavy (non-hydrogen) atoms. The van der Waals surface area contributed by atoms with E-state index in [9.17, 15) is 14.9 Å². The van der Waals surface area contributed by atoms with Crippen molar-refractivity contribution >= 4 is 11.6 Å². The highest BCUT2D eigenvalue weighted by atomic mass is 16.7. The van der Waals surface area contributed by atoms with Crippen LogP contribution in [0.3, 0.4) is 0 Å². The second-order valence-corrected chi connectivity index (χ2v) is 3.70. The van der Waals surface area contributed by atoms with Gasteiger partial charge in [0, 0.05) is 13.1 Å². The number of carbonyl (C=O) groups excluding carboxylic acids is 1. The Balaban J connectivity index is 3.42. The fraction of sp³-hybridized carbons (Fsp3) is 0.417. The molecule has 0 fully saturated rings. The molecule has 0 spiro atoms. The Morgan fingerprint density at radius 1 is 1.35 bits per heavy atom. The average Bonchev–Trinajstić information content (AvgIpc) is 2.45. The van der Waals surface area contributed by atoms with E-state index in [-0.39, 0.29) is 22.7 Å². The minimum absolute atomic E-state index is 0.136. The van der Waals surface area contributed by atoms with Gasteiger partial charge in [-0.2, -0.15) is 0 Å². The first-order valence-electron chi connectivity index (χ1n) is 5.77. The molecule has 1 rings (SSSR count). The SMILES string of the molecule is CCOc1cc(C(=O)N(C)OC)c([N+](=O)[O-])cc1OC. The minimum atomic E-state index is -0.658. The fourth-order valence-electron chi connectivity index (χ4n) is 1.55. The molecule has 0 unspecified atom stereocenters. The van der Waals surface area contributed by atoms with Crippen molar-refractivity contribution in [1.29, 1.82) is 0 Å². The lowest BCUT2D eigenvalue weighted by molar-refractivity contribution is -0.385. The number of hydroxylamine groups is 2. The van der Waals surface area contributed by atoms with Crippen molar-refractivity contribution in [3.8, 4) is 11.5 Å². The second-order valence-electron chi connectivity index (χ2n) is 3.70. The minimum Gasteiger partial charge on any atom is -0.493 e. The lowest BCUT2D eigenvalue weighted by Gasteiger charge is -2.15. The first kappa shape index (κ1) is 15.7. The summed E-state index contributed by atoms with van der Waals surface area (Å²) in [5.74, 6) is -0.202. The number of methoxy groups -OCH3 is 1. The van der Waals surface area contributed by atoms with Gasteiger partial charge in [0.1, 0.15) is 5.56 Å². The Kier molecular flexibility index (Phi) is 5.27. The molecule has 0 heterocycles. The topological polar surface area (TPSA) is 91.1 Å². The number of amides is 1. The number of benzene rings is 1. The molecule has 0 bridgehead atoms. The monoisotopic (exact) mass is 284 g/mol. The third kappa shape index (κ3) is 3.15. The van der Waals surface area contributed by atoms with Crippen molar-refractivity contribution in [1.82, 2.24) is 5.06 Å². The number of nitrogens with zero attached hydrogens (tertiary/aromatic N) is 2. The zero-order chi connectivity index (χ0) is 15.3. The molecular formula is C12H16N2O6. The van der Waals surface area contributed by atoms with Crippen LogP contribution in [0.4, 0.5) is 5.69 Å². The van der Waals surface area contributed by atoms with Crippen LogP contribution in [0.1, 0.15) is 17.3 Å². The summed E-state index contributed by atoms with van der Waals surface area (Å²) in [5.41, 5.74) is -0.511. The van der Waals surface area contributed by atoms with Crippen molar-refractivity contribution in [2.45, 2.75) is 6.92 Å². The summed E-state index contributed by atoms with van der Waals surface area (Å²) in [6.45, 7) is 2.09. The van der Waals surface area contributed by atoms with E-state index in [2.05, 4.69) is 0 Å². The van der Waals surface area contributed by atoms with Crippen molar-refractivity contribution in [2.24, 2.45) is 0 Å². The summed E-state index contributed by atoms with van der Waals surface area (Å²) in [6, 6.07) is 2.43. The fourth-order valence-corrected chi connectivity index (χ4v) is 1.55. The Morgan fingerprint density at radius 3 is 2.45 bits per heavy atom. The van der Waals surface area contributed by atoms with Gasteiger partial charge in [-0.15, -0.1) is 0 Å². The first-order chi connectivity index (χ1) is 9.46. The third-order valence-corrected chi connectivity index (χ3v) is 2.57. The summed E-state index contributed by atoms with van der Waals surface area (Å²) < 4.78 is 10.3. The second kappa shape index (κ2) is 6.71. The van der Waals surface area contributed by atoms with Crippen LogP contribution in [-0.2, 0) is 4.84 Å². The molecule has 0 aliphatic heterocycles. The quantitative estimate of drug-likeness (QED) is 0.582. The van der Waals surface area contributed by atoms with Gasteiger partial charge in [0.2, 0.25) is 0 Å². The molecule has 0 aromatic heterocycles. The van der Waals surface area contributed by atoms with E-state index in [0.29, 0.717) is 6.61 Å². The highest BCUT2D eigenvalue weighted by Crippen LogP contribution is 2.35. The van der Waals surface area contributed by atoms with Gasteiger partial charge in [-0.3, -0.25) is 19.7 Å². The van der Waals surface area contributed by atoms with Crippen LogP contribution < -0.4 is 9.47 Å². The van der Waals surface area contributed by atoms with Crippen LogP contribution in [-0.4, -0.2) is 43.8 Å². The van der Waals surface area contributed by atoms with Gasteiger partial charge in [0.05, 0.1) is 31.8 Å². The third-order valence-electron chi connectivity index (χ3n) is 2.57. The van der Waals surface area contributed by atoms with Crippen molar-refractivity contribution < 1.29 is 24.0 Å². The molecule has 8 nitrogen and oxygen atoms in total.